The number of nitrogens with zero attached hydrogens (tertiary/aromatic N) is 3. The highest BCUT2D eigenvalue weighted by Gasteiger charge is 2.14. The van der Waals surface area contributed by atoms with E-state index in [0.717, 1.165) is 44.0 Å². The van der Waals surface area contributed by atoms with Crippen molar-refractivity contribution in [3.63, 3.8) is 0 Å². The van der Waals surface area contributed by atoms with Crippen molar-refractivity contribution >= 4 is 11.6 Å². The molecule has 4 rings (SSSR count). The Kier molecular flexibility index (Phi) is 5.50. The van der Waals surface area contributed by atoms with Crippen LogP contribution in [0.5, 0.6) is 0 Å². The Labute approximate surface area is 164 Å². The monoisotopic (exact) mass is 376 g/mol. The SMILES string of the molecule is CN1CCN(Cc2cccc(NC(=O)c3ccc(-c4cnco4)cc3)c2)CC1. The topological polar surface area (TPSA) is 61.6 Å². The third-order valence-corrected chi connectivity index (χ3v) is 5.05. The molecule has 0 saturated carbocycles. The number of amides is 1. The van der Waals surface area contributed by atoms with Crippen LogP contribution in [0.3, 0.4) is 0 Å². The van der Waals surface area contributed by atoms with Crippen LogP contribution in [-0.2, 0) is 6.54 Å². The van der Waals surface area contributed by atoms with Gasteiger partial charge in [0.2, 0.25) is 0 Å². The van der Waals surface area contributed by atoms with Crippen LogP contribution in [0, 0.1) is 0 Å². The number of benzene rings is 2. The van der Waals surface area contributed by atoms with Gasteiger partial charge in [-0.3, -0.25) is 9.69 Å². The number of aromatic nitrogens is 1. The molecule has 2 heterocycles. The summed E-state index contributed by atoms with van der Waals surface area (Å²) in [7, 11) is 2.16. The third-order valence-electron chi connectivity index (χ3n) is 5.05. The predicted octanol–water partition coefficient (Wildman–Crippen LogP) is 3.34. The quantitative estimate of drug-likeness (QED) is 0.740. The molecule has 1 amide bonds. The first-order valence-electron chi connectivity index (χ1n) is 9.47. The molecule has 2 aromatic carbocycles. The van der Waals surface area contributed by atoms with Crippen LogP contribution in [-0.4, -0.2) is 53.9 Å². The van der Waals surface area contributed by atoms with E-state index in [2.05, 4.69) is 39.3 Å². The third kappa shape index (κ3) is 4.47. The average Bonchev–Trinajstić information content (AvgIpc) is 3.25. The summed E-state index contributed by atoms with van der Waals surface area (Å²) in [6, 6.07) is 15.4. The number of hydrogen-bond donors (Lipinski definition) is 1. The fraction of sp³-hybridized carbons (Fsp3) is 0.273. The Bertz CT molecular complexity index is 914. The van der Waals surface area contributed by atoms with E-state index in [9.17, 15) is 4.79 Å². The molecule has 6 nitrogen and oxygen atoms in total. The molecule has 1 fully saturated rings. The number of carbonyl (C=O) groups excluding carboxylic acids is 1. The van der Waals surface area contributed by atoms with Crippen molar-refractivity contribution in [2.24, 2.45) is 0 Å². The fourth-order valence-corrected chi connectivity index (χ4v) is 3.36. The lowest BCUT2D eigenvalue weighted by Crippen LogP contribution is -2.43. The van der Waals surface area contributed by atoms with Gasteiger partial charge in [0.05, 0.1) is 6.20 Å². The van der Waals surface area contributed by atoms with Crippen LogP contribution in [0.2, 0.25) is 0 Å². The molecule has 0 bridgehead atoms. The Morgan fingerprint density at radius 3 is 2.61 bits per heavy atom. The molecule has 1 saturated heterocycles. The van der Waals surface area contributed by atoms with Crippen molar-refractivity contribution in [3.05, 3.63) is 72.2 Å². The molecule has 0 unspecified atom stereocenters. The maximum atomic E-state index is 12.6. The number of anilines is 1. The summed E-state index contributed by atoms with van der Waals surface area (Å²) < 4.78 is 5.28. The van der Waals surface area contributed by atoms with Crippen molar-refractivity contribution < 1.29 is 9.21 Å². The summed E-state index contributed by atoms with van der Waals surface area (Å²) in [5.41, 5.74) is 3.52. The van der Waals surface area contributed by atoms with Crippen LogP contribution in [0.4, 0.5) is 5.69 Å². The highest BCUT2D eigenvalue weighted by Crippen LogP contribution is 2.20. The Morgan fingerprint density at radius 1 is 1.11 bits per heavy atom. The number of likely N-dealkylation sites (N-methyl/N-ethyl adjacent to an activating group) is 1. The van der Waals surface area contributed by atoms with Gasteiger partial charge in [0, 0.05) is 49.5 Å². The van der Waals surface area contributed by atoms with Crippen molar-refractivity contribution in [2.45, 2.75) is 6.54 Å². The summed E-state index contributed by atoms with van der Waals surface area (Å²) in [6.45, 7) is 5.25. The lowest BCUT2D eigenvalue weighted by atomic mass is 10.1. The normalized spacial score (nSPS) is 15.5. The molecule has 1 aliphatic heterocycles. The molecule has 0 radical (unpaired) electrons. The number of carbonyl (C=O) groups is 1. The van der Waals surface area contributed by atoms with Gasteiger partial charge < -0.3 is 14.6 Å². The Balaban J connectivity index is 1.39. The van der Waals surface area contributed by atoms with Crippen LogP contribution in [0.1, 0.15) is 15.9 Å². The van der Waals surface area contributed by atoms with E-state index < -0.39 is 0 Å². The summed E-state index contributed by atoms with van der Waals surface area (Å²) in [6.07, 6.45) is 3.05. The Hall–Kier alpha value is -2.96. The van der Waals surface area contributed by atoms with Gasteiger partial charge >= 0.3 is 0 Å². The second-order valence-electron chi connectivity index (χ2n) is 7.18. The van der Waals surface area contributed by atoms with E-state index in [1.807, 2.05) is 24.3 Å². The van der Waals surface area contributed by atoms with Crippen LogP contribution in [0.15, 0.2) is 65.5 Å². The second-order valence-corrected chi connectivity index (χ2v) is 7.18. The first-order valence-corrected chi connectivity index (χ1v) is 9.47. The van der Waals surface area contributed by atoms with Crippen LogP contribution >= 0.6 is 0 Å². The molecule has 144 valence electrons. The van der Waals surface area contributed by atoms with Crippen molar-refractivity contribution in [2.75, 3.05) is 38.5 Å². The van der Waals surface area contributed by atoms with Crippen molar-refractivity contribution in [1.82, 2.24) is 14.8 Å². The van der Waals surface area contributed by atoms with Gasteiger partial charge in [0.1, 0.15) is 0 Å². The maximum absolute atomic E-state index is 12.6. The number of oxazole rings is 1. The number of piperazine rings is 1. The molecular weight excluding hydrogens is 352 g/mol. The highest BCUT2D eigenvalue weighted by molar-refractivity contribution is 6.04. The maximum Gasteiger partial charge on any atom is 0.255 e. The zero-order valence-corrected chi connectivity index (χ0v) is 16.0. The minimum Gasteiger partial charge on any atom is -0.444 e. The summed E-state index contributed by atoms with van der Waals surface area (Å²) in [5, 5.41) is 3.00. The summed E-state index contributed by atoms with van der Waals surface area (Å²) in [5.74, 6) is 0.560. The standard InChI is InChI=1S/C22H24N4O2/c1-25-9-11-26(12-10-25)15-17-3-2-4-20(13-17)24-22(27)19-7-5-18(6-8-19)21-14-23-16-28-21/h2-8,13-14,16H,9-12,15H2,1H3,(H,24,27). The fourth-order valence-electron chi connectivity index (χ4n) is 3.36. The van der Waals surface area contributed by atoms with Gasteiger partial charge in [-0.25, -0.2) is 4.98 Å². The van der Waals surface area contributed by atoms with Gasteiger partial charge in [0.25, 0.3) is 5.91 Å². The Morgan fingerprint density at radius 2 is 1.89 bits per heavy atom. The van der Waals surface area contributed by atoms with E-state index in [1.165, 1.54) is 12.0 Å². The second kappa shape index (κ2) is 8.37. The highest BCUT2D eigenvalue weighted by atomic mass is 16.3. The number of nitrogens with one attached hydrogen (secondary N) is 1. The van der Waals surface area contributed by atoms with E-state index in [0.29, 0.717) is 11.3 Å². The molecule has 28 heavy (non-hydrogen) atoms. The molecule has 1 aliphatic rings. The first-order chi connectivity index (χ1) is 13.7. The molecule has 1 aromatic heterocycles. The molecule has 0 atom stereocenters. The molecular formula is C22H24N4O2. The molecule has 0 spiro atoms. The lowest BCUT2D eigenvalue weighted by Gasteiger charge is -2.32. The van der Waals surface area contributed by atoms with E-state index in [-0.39, 0.29) is 5.91 Å². The molecule has 0 aliphatic carbocycles. The van der Waals surface area contributed by atoms with Crippen LogP contribution < -0.4 is 5.32 Å². The minimum atomic E-state index is -0.124. The van der Waals surface area contributed by atoms with Gasteiger partial charge in [-0.15, -0.1) is 0 Å². The molecule has 3 aromatic rings. The van der Waals surface area contributed by atoms with Crippen LogP contribution in [0.25, 0.3) is 11.3 Å². The van der Waals surface area contributed by atoms with Gasteiger partial charge in [0.15, 0.2) is 12.2 Å². The molecule has 1 N–H and O–H groups in total. The zero-order chi connectivity index (χ0) is 19.3. The van der Waals surface area contributed by atoms with E-state index >= 15 is 0 Å². The summed E-state index contributed by atoms with van der Waals surface area (Å²) in [4.78, 5) is 21.3. The zero-order valence-electron chi connectivity index (χ0n) is 16.0. The summed E-state index contributed by atoms with van der Waals surface area (Å²) >= 11 is 0. The minimum absolute atomic E-state index is 0.124. The van der Waals surface area contributed by atoms with E-state index in [4.69, 9.17) is 4.42 Å². The average molecular weight is 376 g/mol. The van der Waals surface area contributed by atoms with Gasteiger partial charge in [-0.05, 0) is 36.9 Å². The molecule has 6 heteroatoms. The first kappa shape index (κ1) is 18.4. The lowest BCUT2D eigenvalue weighted by molar-refractivity contribution is 0.102. The van der Waals surface area contributed by atoms with E-state index in [1.54, 1.807) is 18.3 Å². The number of rotatable bonds is 5. The smallest absolute Gasteiger partial charge is 0.255 e. The largest absolute Gasteiger partial charge is 0.444 e. The van der Waals surface area contributed by atoms with Crippen molar-refractivity contribution in [3.8, 4) is 11.3 Å². The number of hydrogen-bond acceptors (Lipinski definition) is 5. The van der Waals surface area contributed by atoms with Gasteiger partial charge in [-0.2, -0.15) is 0 Å². The predicted molar refractivity (Wildman–Crippen MR) is 109 cm³/mol. The van der Waals surface area contributed by atoms with Crippen molar-refractivity contribution in [1.29, 1.82) is 0 Å². The van der Waals surface area contributed by atoms with Gasteiger partial charge in [-0.1, -0.05) is 24.3 Å².